The second-order valence-electron chi connectivity index (χ2n) is 10.3. The third-order valence-electron chi connectivity index (χ3n) is 7.20. The molecule has 0 radical (unpaired) electrons. The van der Waals surface area contributed by atoms with E-state index < -0.39 is 0 Å². The zero-order chi connectivity index (χ0) is 33.5. The Balaban J connectivity index is 1.33. The van der Waals surface area contributed by atoms with E-state index in [9.17, 15) is 4.79 Å². The summed E-state index contributed by atoms with van der Waals surface area (Å²) >= 11 is 1.51. The molecule has 0 aliphatic rings. The lowest BCUT2D eigenvalue weighted by atomic mass is 10.1. The van der Waals surface area contributed by atoms with Crippen molar-refractivity contribution in [3.05, 3.63) is 75.7 Å². The number of ether oxygens (including phenoxy) is 6. The number of rotatable bonds is 14. The number of hydrogen-bond donors (Lipinski definition) is 0. The van der Waals surface area contributed by atoms with Gasteiger partial charge >= 0.3 is 0 Å². The average Bonchev–Trinajstić information content (AvgIpc) is 3.44. The highest BCUT2D eigenvalue weighted by Crippen LogP contribution is 2.45. The number of methoxy groups -OCH3 is 5. The molecule has 0 N–H and O–H groups in total. The van der Waals surface area contributed by atoms with Crippen molar-refractivity contribution in [2.45, 2.75) is 25.4 Å². The van der Waals surface area contributed by atoms with Crippen molar-refractivity contribution in [1.82, 2.24) is 14.9 Å². The molecule has 3 aromatic carbocycles. The summed E-state index contributed by atoms with van der Waals surface area (Å²) in [6, 6.07) is 14.5. The maximum absolute atomic E-state index is 13.5. The van der Waals surface area contributed by atoms with E-state index >= 15 is 0 Å². The van der Waals surface area contributed by atoms with Crippen molar-refractivity contribution in [2.24, 2.45) is 5.10 Å². The highest BCUT2D eigenvalue weighted by Gasteiger charge is 2.23. The minimum absolute atomic E-state index is 0.220. The van der Waals surface area contributed by atoms with Crippen LogP contribution < -0.4 is 33.8 Å². The van der Waals surface area contributed by atoms with Gasteiger partial charge in [0.15, 0.2) is 34.3 Å². The minimum Gasteiger partial charge on any atom is -0.493 e. The molecule has 5 rings (SSSR count). The van der Waals surface area contributed by atoms with Gasteiger partial charge in [-0.25, -0.2) is 0 Å². The number of fused-ring (bicyclic) bond motifs is 1. The van der Waals surface area contributed by atoms with Crippen LogP contribution in [0.25, 0.3) is 22.3 Å². The average molecular weight is 661 g/mol. The van der Waals surface area contributed by atoms with Gasteiger partial charge in [0.2, 0.25) is 16.7 Å². The summed E-state index contributed by atoms with van der Waals surface area (Å²) in [5.74, 6) is 3.81. The molecule has 2 aromatic heterocycles. The van der Waals surface area contributed by atoms with Crippen LogP contribution in [0.4, 0.5) is 0 Å². The molecule has 0 aliphatic carbocycles. The van der Waals surface area contributed by atoms with E-state index in [1.54, 1.807) is 29.1 Å². The van der Waals surface area contributed by atoms with Crippen LogP contribution in [-0.2, 0) is 0 Å². The third kappa shape index (κ3) is 7.14. The van der Waals surface area contributed by atoms with Gasteiger partial charge in [-0.05, 0) is 38.0 Å². The van der Waals surface area contributed by atoms with Crippen LogP contribution in [-0.4, -0.2) is 69.0 Å². The molecule has 0 saturated heterocycles. The van der Waals surface area contributed by atoms with Gasteiger partial charge in [-0.3, -0.25) is 4.79 Å². The summed E-state index contributed by atoms with van der Waals surface area (Å²) in [7, 11) is 7.53. The predicted molar refractivity (Wildman–Crippen MR) is 180 cm³/mol. The third-order valence-corrected chi connectivity index (χ3v) is 8.21. The summed E-state index contributed by atoms with van der Waals surface area (Å²) in [4.78, 5) is 13.5. The highest BCUT2D eigenvalue weighted by atomic mass is 32.2. The summed E-state index contributed by atoms with van der Waals surface area (Å²) in [5, 5.41) is 13.9. The first kappa shape index (κ1) is 33.2. The van der Waals surface area contributed by atoms with Crippen molar-refractivity contribution < 1.29 is 32.8 Å². The standard InChI is InChI=1S/C34H36N4O8S/c1-20-9-11-22(12-10-20)19-35-38-21(2)36-37-34(38)47-14-8-13-45-32-29(42-5)18-26-30(33(32)44-7)24(39)17-25(46-26)23-15-27(40-3)31(43-6)28(16-23)41-4/h9-12,15-19H,8,13-14H2,1-7H3. The van der Waals surface area contributed by atoms with Crippen LogP contribution in [0, 0.1) is 13.8 Å². The fourth-order valence-electron chi connectivity index (χ4n) is 4.83. The van der Waals surface area contributed by atoms with Gasteiger partial charge in [0.05, 0.1) is 48.4 Å². The Labute approximate surface area is 276 Å². The van der Waals surface area contributed by atoms with E-state index in [4.69, 9.17) is 32.8 Å². The van der Waals surface area contributed by atoms with Crippen molar-refractivity contribution >= 4 is 28.9 Å². The molecule has 0 bridgehead atoms. The van der Waals surface area contributed by atoms with Crippen LogP contribution >= 0.6 is 11.8 Å². The zero-order valence-corrected chi connectivity index (χ0v) is 28.1. The van der Waals surface area contributed by atoms with Crippen LogP contribution in [0.1, 0.15) is 23.4 Å². The van der Waals surface area contributed by atoms with Crippen molar-refractivity contribution in [2.75, 3.05) is 47.9 Å². The molecule has 0 saturated carbocycles. The maximum atomic E-state index is 13.5. The lowest BCUT2D eigenvalue weighted by molar-refractivity contribution is 0.277. The number of aryl methyl sites for hydroxylation is 2. The molecule has 5 aromatic rings. The number of hydrogen-bond acceptors (Lipinski definition) is 12. The van der Waals surface area contributed by atoms with Crippen molar-refractivity contribution in [1.29, 1.82) is 0 Å². The number of aromatic nitrogens is 3. The lowest BCUT2D eigenvalue weighted by Crippen LogP contribution is -2.07. The zero-order valence-electron chi connectivity index (χ0n) is 27.3. The Morgan fingerprint density at radius 1 is 0.830 bits per heavy atom. The summed E-state index contributed by atoms with van der Waals surface area (Å²) in [6.45, 7) is 4.22. The van der Waals surface area contributed by atoms with Crippen molar-refractivity contribution in [3.8, 4) is 45.8 Å². The molecule has 0 spiro atoms. The Kier molecular flexibility index (Phi) is 10.6. The molecular formula is C34H36N4O8S. The number of thioether (sulfide) groups is 1. The van der Waals surface area contributed by atoms with Crippen molar-refractivity contribution in [3.63, 3.8) is 0 Å². The highest BCUT2D eigenvalue weighted by molar-refractivity contribution is 7.99. The Bertz CT molecular complexity index is 1930. The monoisotopic (exact) mass is 660 g/mol. The summed E-state index contributed by atoms with van der Waals surface area (Å²) < 4.78 is 41.7. The topological polar surface area (TPSA) is 129 Å². The van der Waals surface area contributed by atoms with E-state index in [1.165, 1.54) is 58.9 Å². The molecule has 47 heavy (non-hydrogen) atoms. The normalized spacial score (nSPS) is 11.2. The molecule has 0 amide bonds. The van der Waals surface area contributed by atoms with Gasteiger partial charge < -0.3 is 32.8 Å². The lowest BCUT2D eigenvalue weighted by Gasteiger charge is -2.17. The smallest absolute Gasteiger partial charge is 0.212 e. The summed E-state index contributed by atoms with van der Waals surface area (Å²) in [6.07, 6.45) is 2.43. The van der Waals surface area contributed by atoms with Gasteiger partial charge in [0.1, 0.15) is 16.7 Å². The molecule has 12 nitrogen and oxygen atoms in total. The van der Waals surface area contributed by atoms with E-state index in [0.29, 0.717) is 69.8 Å². The minimum atomic E-state index is -0.323. The molecule has 13 heteroatoms. The van der Waals surface area contributed by atoms with Gasteiger partial charge in [-0.1, -0.05) is 41.6 Å². The Hall–Kier alpha value is -5.17. The number of benzene rings is 3. The molecule has 0 aliphatic heterocycles. The van der Waals surface area contributed by atoms with Crippen LogP contribution in [0.5, 0.6) is 34.5 Å². The van der Waals surface area contributed by atoms with E-state index in [-0.39, 0.29) is 22.1 Å². The first-order valence-corrected chi connectivity index (χ1v) is 15.6. The number of nitrogens with zero attached hydrogens (tertiary/aromatic N) is 4. The van der Waals surface area contributed by atoms with E-state index in [2.05, 4.69) is 15.3 Å². The first-order valence-electron chi connectivity index (χ1n) is 14.6. The SMILES string of the molecule is COc1cc(-c2cc(=O)c3c(OC)c(OCCCSc4nnc(C)n4N=Cc4ccc(C)cc4)c(OC)cc3o2)cc(OC)c1OC. The molecule has 2 heterocycles. The molecule has 0 fully saturated rings. The molecule has 246 valence electrons. The Morgan fingerprint density at radius 3 is 2.13 bits per heavy atom. The van der Waals surface area contributed by atoms with Crippen LogP contribution in [0.2, 0.25) is 0 Å². The van der Waals surface area contributed by atoms with Gasteiger partial charge in [0.25, 0.3) is 0 Å². The molecule has 0 atom stereocenters. The van der Waals surface area contributed by atoms with Crippen LogP contribution in [0.15, 0.2) is 68.0 Å². The van der Waals surface area contributed by atoms with E-state index in [0.717, 1.165) is 5.56 Å². The summed E-state index contributed by atoms with van der Waals surface area (Å²) in [5.41, 5.74) is 2.67. The largest absolute Gasteiger partial charge is 0.493 e. The van der Waals surface area contributed by atoms with Gasteiger partial charge in [-0.15, -0.1) is 10.2 Å². The fourth-order valence-corrected chi connectivity index (χ4v) is 5.68. The predicted octanol–water partition coefficient (Wildman–Crippen LogP) is 6.15. The maximum Gasteiger partial charge on any atom is 0.212 e. The molecular weight excluding hydrogens is 624 g/mol. The second kappa shape index (κ2) is 14.9. The quantitative estimate of drug-likeness (QED) is 0.0772. The van der Waals surface area contributed by atoms with Gasteiger partial charge in [-0.2, -0.15) is 9.78 Å². The second-order valence-corrected chi connectivity index (χ2v) is 11.3. The van der Waals surface area contributed by atoms with E-state index in [1.807, 2.05) is 38.1 Å². The van der Waals surface area contributed by atoms with Gasteiger partial charge in [0, 0.05) is 23.4 Å². The van der Waals surface area contributed by atoms with Crippen LogP contribution in [0.3, 0.4) is 0 Å². The Morgan fingerprint density at radius 2 is 1.49 bits per heavy atom. The fraction of sp³-hybridized carbons (Fsp3) is 0.294. The molecule has 0 unspecified atom stereocenters. The first-order chi connectivity index (χ1) is 22.8.